The lowest BCUT2D eigenvalue weighted by Crippen LogP contribution is -2.41. The second kappa shape index (κ2) is 6.55. The molecular weight excluding hydrogens is 244 g/mol. The third-order valence-corrected chi connectivity index (χ3v) is 4.37. The maximum Gasteiger partial charge on any atom is 0.0472 e. The highest BCUT2D eigenvalue weighted by Crippen LogP contribution is 2.32. The van der Waals surface area contributed by atoms with Gasteiger partial charge < -0.3 is 9.64 Å². The van der Waals surface area contributed by atoms with E-state index < -0.39 is 0 Å². The van der Waals surface area contributed by atoms with Crippen LogP contribution in [0.2, 0.25) is 0 Å². The van der Waals surface area contributed by atoms with Gasteiger partial charge in [0.1, 0.15) is 0 Å². The standard InChI is InChI=1S/C14H22N2OS/c1-16(10-13-2-6-15-7-3-13)11-14(12-18)4-8-17-9-5-14/h2-3,6-7,18H,4-5,8-12H2,1H3. The van der Waals surface area contributed by atoms with Crippen molar-refractivity contribution in [2.24, 2.45) is 5.41 Å². The monoisotopic (exact) mass is 266 g/mol. The van der Waals surface area contributed by atoms with Crippen molar-refractivity contribution in [3.63, 3.8) is 0 Å². The second-order valence-electron chi connectivity index (χ2n) is 5.30. The highest BCUT2D eigenvalue weighted by atomic mass is 32.1. The lowest BCUT2D eigenvalue weighted by atomic mass is 9.81. The Labute approximate surface area is 115 Å². The smallest absolute Gasteiger partial charge is 0.0472 e. The fourth-order valence-electron chi connectivity index (χ4n) is 2.60. The van der Waals surface area contributed by atoms with Crippen molar-refractivity contribution in [2.75, 3.05) is 32.6 Å². The van der Waals surface area contributed by atoms with Crippen LogP contribution in [0, 0.1) is 5.41 Å². The molecule has 0 unspecified atom stereocenters. The van der Waals surface area contributed by atoms with E-state index in [1.807, 2.05) is 12.4 Å². The molecule has 0 atom stereocenters. The van der Waals surface area contributed by atoms with Crippen LogP contribution in [0.3, 0.4) is 0 Å². The van der Waals surface area contributed by atoms with Crippen molar-refractivity contribution >= 4 is 12.6 Å². The molecule has 100 valence electrons. The molecule has 2 rings (SSSR count). The molecule has 18 heavy (non-hydrogen) atoms. The molecule has 0 aromatic carbocycles. The van der Waals surface area contributed by atoms with Crippen molar-refractivity contribution in [2.45, 2.75) is 19.4 Å². The maximum absolute atomic E-state index is 5.47. The molecule has 1 aliphatic heterocycles. The molecule has 0 N–H and O–H groups in total. The minimum atomic E-state index is 0.323. The first kappa shape index (κ1) is 13.8. The Morgan fingerprint density at radius 2 is 2.00 bits per heavy atom. The summed E-state index contributed by atoms with van der Waals surface area (Å²) >= 11 is 4.56. The second-order valence-corrected chi connectivity index (χ2v) is 5.61. The summed E-state index contributed by atoms with van der Waals surface area (Å²) in [5, 5.41) is 0. The Morgan fingerprint density at radius 1 is 1.33 bits per heavy atom. The van der Waals surface area contributed by atoms with Crippen LogP contribution in [-0.4, -0.2) is 42.4 Å². The summed E-state index contributed by atoms with van der Waals surface area (Å²) in [6.45, 7) is 3.81. The molecule has 1 saturated heterocycles. The summed E-state index contributed by atoms with van der Waals surface area (Å²) in [5.41, 5.74) is 1.64. The highest BCUT2D eigenvalue weighted by molar-refractivity contribution is 7.80. The Kier molecular flexibility index (Phi) is 5.03. The van der Waals surface area contributed by atoms with Gasteiger partial charge in [0, 0.05) is 38.7 Å². The van der Waals surface area contributed by atoms with Crippen LogP contribution in [0.25, 0.3) is 0 Å². The van der Waals surface area contributed by atoms with E-state index in [-0.39, 0.29) is 0 Å². The van der Waals surface area contributed by atoms with Crippen molar-refractivity contribution in [1.82, 2.24) is 9.88 Å². The Hall–Kier alpha value is -0.580. The summed E-state index contributed by atoms with van der Waals surface area (Å²) < 4.78 is 5.47. The van der Waals surface area contributed by atoms with Gasteiger partial charge in [-0.1, -0.05) is 0 Å². The van der Waals surface area contributed by atoms with E-state index in [1.165, 1.54) is 5.56 Å². The van der Waals surface area contributed by atoms with Crippen molar-refractivity contribution in [3.05, 3.63) is 30.1 Å². The first-order valence-corrected chi connectivity index (χ1v) is 7.13. The quantitative estimate of drug-likeness (QED) is 0.828. The Bertz CT molecular complexity index is 352. The van der Waals surface area contributed by atoms with Crippen LogP contribution in [0.1, 0.15) is 18.4 Å². The molecule has 0 amide bonds. The molecule has 4 heteroatoms. The normalized spacial score (nSPS) is 19.1. The average molecular weight is 266 g/mol. The van der Waals surface area contributed by atoms with Gasteiger partial charge in [-0.05, 0) is 48.8 Å². The third kappa shape index (κ3) is 3.70. The number of hydrogen-bond donors (Lipinski definition) is 1. The van der Waals surface area contributed by atoms with Crippen LogP contribution < -0.4 is 0 Å². The number of ether oxygens (including phenoxy) is 1. The van der Waals surface area contributed by atoms with E-state index in [9.17, 15) is 0 Å². The Balaban J connectivity index is 1.91. The SMILES string of the molecule is CN(Cc1ccncc1)CC1(CS)CCOCC1. The fourth-order valence-corrected chi connectivity index (χ4v) is 3.02. The zero-order chi connectivity index (χ0) is 12.8. The van der Waals surface area contributed by atoms with E-state index in [0.717, 1.165) is 44.9 Å². The molecule has 1 fully saturated rings. The molecule has 3 nitrogen and oxygen atoms in total. The van der Waals surface area contributed by atoms with Crippen LogP contribution >= 0.6 is 12.6 Å². The molecule has 0 radical (unpaired) electrons. The van der Waals surface area contributed by atoms with E-state index in [2.05, 4.69) is 41.7 Å². The topological polar surface area (TPSA) is 25.4 Å². The van der Waals surface area contributed by atoms with E-state index in [0.29, 0.717) is 5.41 Å². The molecule has 0 aliphatic carbocycles. The Morgan fingerprint density at radius 3 is 2.61 bits per heavy atom. The summed E-state index contributed by atoms with van der Waals surface area (Å²) in [7, 11) is 2.18. The summed E-state index contributed by atoms with van der Waals surface area (Å²) in [5.74, 6) is 0.942. The zero-order valence-corrected chi connectivity index (χ0v) is 11.9. The zero-order valence-electron chi connectivity index (χ0n) is 11.0. The van der Waals surface area contributed by atoms with Gasteiger partial charge in [-0.2, -0.15) is 12.6 Å². The van der Waals surface area contributed by atoms with Gasteiger partial charge in [-0.15, -0.1) is 0 Å². The van der Waals surface area contributed by atoms with Crippen LogP contribution in [0.15, 0.2) is 24.5 Å². The maximum atomic E-state index is 5.47. The average Bonchev–Trinajstić information content (AvgIpc) is 2.41. The van der Waals surface area contributed by atoms with Crippen molar-refractivity contribution in [3.8, 4) is 0 Å². The van der Waals surface area contributed by atoms with Crippen molar-refractivity contribution in [1.29, 1.82) is 0 Å². The van der Waals surface area contributed by atoms with Gasteiger partial charge in [0.2, 0.25) is 0 Å². The summed E-state index contributed by atoms with van der Waals surface area (Å²) in [6.07, 6.45) is 5.95. The van der Waals surface area contributed by atoms with Crippen molar-refractivity contribution < 1.29 is 4.74 Å². The number of aromatic nitrogens is 1. The van der Waals surface area contributed by atoms with Gasteiger partial charge in [0.05, 0.1) is 0 Å². The molecule has 0 bridgehead atoms. The highest BCUT2D eigenvalue weighted by Gasteiger charge is 2.32. The molecule has 1 aliphatic rings. The van der Waals surface area contributed by atoms with Gasteiger partial charge in [-0.3, -0.25) is 4.98 Å². The number of nitrogens with zero attached hydrogens (tertiary/aromatic N) is 2. The van der Waals surface area contributed by atoms with E-state index in [4.69, 9.17) is 4.74 Å². The molecule has 0 saturated carbocycles. The number of thiol groups is 1. The first-order chi connectivity index (χ1) is 8.74. The minimum Gasteiger partial charge on any atom is -0.381 e. The van der Waals surface area contributed by atoms with Crippen LogP contribution in [0.4, 0.5) is 0 Å². The third-order valence-electron chi connectivity index (χ3n) is 3.70. The van der Waals surface area contributed by atoms with Crippen LogP contribution in [-0.2, 0) is 11.3 Å². The van der Waals surface area contributed by atoms with Gasteiger partial charge in [0.15, 0.2) is 0 Å². The molecule has 1 aromatic rings. The predicted octanol–water partition coefficient (Wildman–Crippen LogP) is 2.24. The minimum absolute atomic E-state index is 0.323. The first-order valence-electron chi connectivity index (χ1n) is 6.50. The lowest BCUT2D eigenvalue weighted by molar-refractivity contribution is 0.0105. The predicted molar refractivity (Wildman–Crippen MR) is 76.9 cm³/mol. The molecule has 2 heterocycles. The molecule has 0 spiro atoms. The number of pyridine rings is 1. The van der Waals surface area contributed by atoms with Gasteiger partial charge >= 0.3 is 0 Å². The number of rotatable bonds is 5. The van der Waals surface area contributed by atoms with Gasteiger partial charge in [-0.25, -0.2) is 0 Å². The fraction of sp³-hybridized carbons (Fsp3) is 0.643. The molecule has 1 aromatic heterocycles. The number of hydrogen-bond acceptors (Lipinski definition) is 4. The van der Waals surface area contributed by atoms with E-state index >= 15 is 0 Å². The lowest BCUT2D eigenvalue weighted by Gasteiger charge is -2.39. The molecular formula is C14H22N2OS. The van der Waals surface area contributed by atoms with Gasteiger partial charge in [0.25, 0.3) is 0 Å². The van der Waals surface area contributed by atoms with Crippen LogP contribution in [0.5, 0.6) is 0 Å². The largest absolute Gasteiger partial charge is 0.381 e. The summed E-state index contributed by atoms with van der Waals surface area (Å²) in [6, 6.07) is 4.15. The summed E-state index contributed by atoms with van der Waals surface area (Å²) in [4.78, 5) is 6.44. The van der Waals surface area contributed by atoms with E-state index in [1.54, 1.807) is 0 Å².